The molecule has 0 spiro atoms. The van der Waals surface area contributed by atoms with Crippen LogP contribution in [0.15, 0.2) is 47.4 Å². The van der Waals surface area contributed by atoms with Crippen LogP contribution in [0.2, 0.25) is 0 Å². The molecule has 2 amide bonds. The molecule has 4 rings (SSSR count). The van der Waals surface area contributed by atoms with E-state index in [2.05, 4.69) is 5.32 Å². The number of likely N-dealkylation sites (N-methyl/N-ethyl adjacent to an activating group) is 1. The van der Waals surface area contributed by atoms with Crippen LogP contribution in [0, 0.1) is 12.8 Å². The van der Waals surface area contributed by atoms with Crippen molar-refractivity contribution in [2.75, 3.05) is 18.5 Å². The highest BCUT2D eigenvalue weighted by molar-refractivity contribution is 7.89. The van der Waals surface area contributed by atoms with Crippen molar-refractivity contribution < 1.29 is 18.0 Å². The molecule has 1 heterocycles. The first kappa shape index (κ1) is 23.4. The first-order chi connectivity index (χ1) is 15.7. The molecule has 1 aliphatic carbocycles. The quantitative estimate of drug-likeness (QED) is 0.675. The van der Waals surface area contributed by atoms with Gasteiger partial charge in [-0.05, 0) is 62.4 Å². The molecule has 1 aliphatic heterocycles. The number of fused-ring (bicyclic) bond motifs is 1. The van der Waals surface area contributed by atoms with Crippen molar-refractivity contribution in [1.82, 2.24) is 9.62 Å². The molecular weight excluding hydrogens is 438 g/mol. The van der Waals surface area contributed by atoms with Gasteiger partial charge < -0.3 is 10.2 Å². The fourth-order valence-corrected chi connectivity index (χ4v) is 5.56. The van der Waals surface area contributed by atoms with Crippen molar-refractivity contribution >= 4 is 27.5 Å². The largest absolute Gasteiger partial charge is 0.351 e. The van der Waals surface area contributed by atoms with Crippen LogP contribution in [0.3, 0.4) is 0 Å². The molecule has 8 heteroatoms. The van der Waals surface area contributed by atoms with Gasteiger partial charge in [-0.3, -0.25) is 9.59 Å². The molecule has 1 N–H and O–H groups in total. The minimum atomic E-state index is -3.84. The Hall–Kier alpha value is -2.71. The number of hydrogen-bond acceptors (Lipinski definition) is 4. The molecule has 176 valence electrons. The van der Waals surface area contributed by atoms with E-state index >= 15 is 0 Å². The third kappa shape index (κ3) is 4.82. The lowest BCUT2D eigenvalue weighted by molar-refractivity contribution is -0.125. The summed E-state index contributed by atoms with van der Waals surface area (Å²) in [6.07, 6.45) is 3.58. The zero-order valence-electron chi connectivity index (χ0n) is 19.4. The Balaban J connectivity index is 1.42. The fourth-order valence-electron chi connectivity index (χ4n) is 4.39. The van der Waals surface area contributed by atoms with E-state index in [-0.39, 0.29) is 35.2 Å². The maximum atomic E-state index is 13.1. The third-order valence-corrected chi connectivity index (χ3v) is 8.44. The summed E-state index contributed by atoms with van der Waals surface area (Å²) in [4.78, 5) is 27.2. The predicted molar refractivity (Wildman–Crippen MR) is 127 cm³/mol. The minimum absolute atomic E-state index is 0.0105. The molecule has 2 aromatic rings. The van der Waals surface area contributed by atoms with Crippen LogP contribution in [0.25, 0.3) is 0 Å². The Kier molecular flexibility index (Phi) is 6.59. The number of carbonyl (C=O) groups is 2. The van der Waals surface area contributed by atoms with Crippen LogP contribution >= 0.6 is 0 Å². The molecule has 0 bridgehead atoms. The van der Waals surface area contributed by atoms with Crippen molar-refractivity contribution in [2.45, 2.75) is 57.0 Å². The number of nitrogens with zero attached hydrogens (tertiary/aromatic N) is 2. The van der Waals surface area contributed by atoms with Crippen LogP contribution in [0.4, 0.5) is 5.69 Å². The number of benzene rings is 2. The van der Waals surface area contributed by atoms with Gasteiger partial charge in [0, 0.05) is 31.2 Å². The number of nitrogens with one attached hydrogen (secondary N) is 1. The van der Waals surface area contributed by atoms with Crippen LogP contribution in [-0.4, -0.2) is 44.2 Å². The van der Waals surface area contributed by atoms with E-state index in [4.69, 9.17) is 0 Å². The van der Waals surface area contributed by atoms with E-state index in [9.17, 15) is 18.0 Å². The second kappa shape index (κ2) is 9.27. The molecule has 7 nitrogen and oxygen atoms in total. The van der Waals surface area contributed by atoms with Crippen LogP contribution < -0.4 is 10.2 Å². The Morgan fingerprint density at radius 2 is 1.82 bits per heavy atom. The fraction of sp³-hybridized carbons (Fsp3) is 0.440. The molecule has 0 radical (unpaired) electrons. The predicted octanol–water partition coefficient (Wildman–Crippen LogP) is 3.01. The van der Waals surface area contributed by atoms with Gasteiger partial charge in [-0.2, -0.15) is 4.31 Å². The first-order valence-corrected chi connectivity index (χ1v) is 12.9. The SMILES string of the molecule is Cc1ccc(CNC(=O)CN(C)S(=O)(=O)c2ccc3c(c2)CC(C)N3C(=O)C2CCC2)cc1. The van der Waals surface area contributed by atoms with E-state index in [1.807, 2.05) is 43.0 Å². The number of anilines is 1. The average Bonchev–Trinajstić information content (AvgIpc) is 3.06. The maximum absolute atomic E-state index is 13.1. The zero-order chi connectivity index (χ0) is 23.8. The third-order valence-electron chi connectivity index (χ3n) is 6.64. The lowest BCUT2D eigenvalue weighted by Crippen LogP contribution is -2.42. The Morgan fingerprint density at radius 3 is 2.45 bits per heavy atom. The summed E-state index contributed by atoms with van der Waals surface area (Å²) in [7, 11) is -2.43. The summed E-state index contributed by atoms with van der Waals surface area (Å²) >= 11 is 0. The van der Waals surface area contributed by atoms with Crippen molar-refractivity contribution in [3.05, 3.63) is 59.2 Å². The van der Waals surface area contributed by atoms with Crippen molar-refractivity contribution in [1.29, 1.82) is 0 Å². The van der Waals surface area contributed by atoms with Crippen LogP contribution in [-0.2, 0) is 32.6 Å². The number of hydrogen-bond donors (Lipinski definition) is 1. The Labute approximate surface area is 195 Å². The van der Waals surface area contributed by atoms with Gasteiger partial charge in [0.1, 0.15) is 0 Å². The average molecular weight is 470 g/mol. The molecular formula is C25H31N3O4S. The molecule has 2 aliphatic rings. The summed E-state index contributed by atoms with van der Waals surface area (Å²) in [6.45, 7) is 4.06. The standard InChI is InChI=1S/C25H31N3O4S/c1-17-7-9-19(10-8-17)15-26-24(29)16-27(3)33(31,32)22-11-12-23-21(14-22)13-18(2)28(23)25(30)20-5-4-6-20/h7-12,14,18,20H,4-6,13,15-16H2,1-3H3,(H,26,29). The lowest BCUT2D eigenvalue weighted by Gasteiger charge is -2.32. The van der Waals surface area contributed by atoms with Crippen LogP contribution in [0.5, 0.6) is 0 Å². The lowest BCUT2D eigenvalue weighted by atomic mass is 9.84. The van der Waals surface area contributed by atoms with Gasteiger partial charge in [0.2, 0.25) is 21.8 Å². The molecule has 1 saturated carbocycles. The van der Waals surface area contributed by atoms with E-state index in [1.165, 1.54) is 13.1 Å². The normalized spacial score (nSPS) is 18.2. The number of aryl methyl sites for hydroxylation is 1. The number of sulfonamides is 1. The van der Waals surface area contributed by atoms with Gasteiger partial charge in [0.25, 0.3) is 0 Å². The summed E-state index contributed by atoms with van der Waals surface area (Å²) in [5, 5.41) is 2.77. The van der Waals surface area contributed by atoms with Gasteiger partial charge in [-0.1, -0.05) is 36.2 Å². The second-order valence-electron chi connectivity index (χ2n) is 9.20. The van der Waals surface area contributed by atoms with E-state index in [0.717, 1.165) is 45.9 Å². The van der Waals surface area contributed by atoms with Gasteiger partial charge in [-0.15, -0.1) is 0 Å². The Morgan fingerprint density at radius 1 is 1.12 bits per heavy atom. The summed E-state index contributed by atoms with van der Waals surface area (Å²) < 4.78 is 27.3. The molecule has 2 aromatic carbocycles. The summed E-state index contributed by atoms with van der Waals surface area (Å²) in [5.74, 6) is -0.134. The Bertz CT molecular complexity index is 1160. The molecule has 1 fully saturated rings. The highest BCUT2D eigenvalue weighted by atomic mass is 32.2. The smallest absolute Gasteiger partial charge is 0.243 e. The molecule has 33 heavy (non-hydrogen) atoms. The van der Waals surface area contributed by atoms with Gasteiger partial charge >= 0.3 is 0 Å². The minimum Gasteiger partial charge on any atom is -0.351 e. The first-order valence-electron chi connectivity index (χ1n) is 11.4. The molecule has 1 atom stereocenters. The second-order valence-corrected chi connectivity index (χ2v) is 11.2. The van der Waals surface area contributed by atoms with Crippen LogP contribution in [0.1, 0.15) is 42.9 Å². The zero-order valence-corrected chi connectivity index (χ0v) is 20.2. The van der Waals surface area contributed by atoms with Gasteiger partial charge in [0.15, 0.2) is 0 Å². The van der Waals surface area contributed by atoms with Crippen molar-refractivity contribution in [3.63, 3.8) is 0 Å². The van der Waals surface area contributed by atoms with E-state index in [0.29, 0.717) is 13.0 Å². The number of rotatable bonds is 7. The monoisotopic (exact) mass is 469 g/mol. The molecule has 0 aromatic heterocycles. The van der Waals surface area contributed by atoms with Gasteiger partial charge in [-0.25, -0.2) is 8.42 Å². The summed E-state index contributed by atoms with van der Waals surface area (Å²) in [6, 6.07) is 12.7. The maximum Gasteiger partial charge on any atom is 0.243 e. The number of carbonyl (C=O) groups excluding carboxylic acids is 2. The van der Waals surface area contributed by atoms with E-state index in [1.54, 1.807) is 12.1 Å². The summed E-state index contributed by atoms with van der Waals surface area (Å²) in [5.41, 5.74) is 3.74. The highest BCUT2D eigenvalue weighted by Crippen LogP contribution is 2.38. The number of amides is 2. The highest BCUT2D eigenvalue weighted by Gasteiger charge is 2.37. The van der Waals surface area contributed by atoms with Crippen molar-refractivity contribution in [2.24, 2.45) is 5.92 Å². The van der Waals surface area contributed by atoms with Crippen molar-refractivity contribution in [3.8, 4) is 0 Å². The topological polar surface area (TPSA) is 86.8 Å². The molecule has 1 unspecified atom stereocenters. The molecule has 0 saturated heterocycles. The van der Waals surface area contributed by atoms with E-state index < -0.39 is 10.0 Å². The van der Waals surface area contributed by atoms with Gasteiger partial charge in [0.05, 0.1) is 11.4 Å².